The molecule has 3 rings (SSSR count). The van der Waals surface area contributed by atoms with Crippen LogP contribution in [-0.2, 0) is 16.4 Å². The topological polar surface area (TPSA) is 79.2 Å². The fourth-order valence-electron chi connectivity index (χ4n) is 2.86. The first-order chi connectivity index (χ1) is 10.4. The Bertz CT molecular complexity index is 821. The minimum Gasteiger partial charge on any atom is -0.361 e. The number of likely N-dealkylation sites (N-methyl/N-ethyl adjacent to an activating group) is 1. The Labute approximate surface area is 130 Å². The molecule has 118 valence electrons. The molecule has 0 fully saturated rings. The number of H-pyrrole nitrogens is 1. The van der Waals surface area contributed by atoms with E-state index in [2.05, 4.69) is 29.1 Å². The van der Waals surface area contributed by atoms with Crippen molar-refractivity contribution in [3.8, 4) is 0 Å². The predicted molar refractivity (Wildman–Crippen MR) is 90.1 cm³/mol. The van der Waals surface area contributed by atoms with E-state index in [-0.39, 0.29) is 5.75 Å². The number of primary sulfonamides is 1. The fraction of sp³-hybridized carbons (Fsp3) is 0.375. The Balaban J connectivity index is 1.92. The van der Waals surface area contributed by atoms with Gasteiger partial charge in [-0.05, 0) is 43.2 Å². The maximum absolute atomic E-state index is 11.1. The van der Waals surface area contributed by atoms with E-state index in [1.54, 1.807) is 0 Å². The van der Waals surface area contributed by atoms with E-state index in [0.29, 0.717) is 6.42 Å². The van der Waals surface area contributed by atoms with Crippen LogP contribution >= 0.6 is 0 Å². The van der Waals surface area contributed by atoms with E-state index in [1.165, 1.54) is 11.1 Å². The van der Waals surface area contributed by atoms with Gasteiger partial charge in [-0.3, -0.25) is 0 Å². The van der Waals surface area contributed by atoms with E-state index < -0.39 is 10.0 Å². The molecule has 1 aliphatic heterocycles. The standard InChI is InChI=1S/C16H21N3O2S/c1-19-7-4-13(5-8-19)15-11-18-16-3-2-12(10-14(15)16)6-9-22(17,20)21/h2-4,10-11,18H,5-9H2,1H3,(H2,17,20,21). The average Bonchev–Trinajstić information content (AvgIpc) is 2.88. The van der Waals surface area contributed by atoms with Crippen molar-refractivity contribution >= 4 is 26.5 Å². The monoisotopic (exact) mass is 319 g/mol. The summed E-state index contributed by atoms with van der Waals surface area (Å²) in [5.41, 5.74) is 4.65. The van der Waals surface area contributed by atoms with Crippen molar-refractivity contribution in [2.24, 2.45) is 5.14 Å². The number of benzene rings is 1. The van der Waals surface area contributed by atoms with Crippen LogP contribution in [0.5, 0.6) is 0 Å². The van der Waals surface area contributed by atoms with Crippen LogP contribution in [0.3, 0.4) is 0 Å². The van der Waals surface area contributed by atoms with Crippen LogP contribution in [0.2, 0.25) is 0 Å². The number of fused-ring (bicyclic) bond motifs is 1. The number of aryl methyl sites for hydroxylation is 1. The number of nitrogens with zero attached hydrogens (tertiary/aromatic N) is 1. The maximum Gasteiger partial charge on any atom is 0.209 e. The third kappa shape index (κ3) is 3.40. The van der Waals surface area contributed by atoms with Crippen LogP contribution in [0.15, 0.2) is 30.5 Å². The highest BCUT2D eigenvalue weighted by atomic mass is 32.2. The molecule has 0 amide bonds. The lowest BCUT2D eigenvalue weighted by atomic mass is 9.98. The molecule has 2 aromatic rings. The van der Waals surface area contributed by atoms with Crippen LogP contribution in [0.1, 0.15) is 17.5 Å². The number of sulfonamides is 1. The summed E-state index contributed by atoms with van der Waals surface area (Å²) in [6.07, 6.45) is 5.79. The Hall–Kier alpha value is -1.63. The summed E-state index contributed by atoms with van der Waals surface area (Å²) in [6.45, 7) is 2.02. The lowest BCUT2D eigenvalue weighted by Crippen LogP contribution is -2.23. The molecule has 0 atom stereocenters. The van der Waals surface area contributed by atoms with E-state index in [0.717, 1.165) is 36.0 Å². The number of nitrogens with one attached hydrogen (secondary N) is 1. The first kappa shape index (κ1) is 15.3. The minimum atomic E-state index is -3.42. The zero-order valence-corrected chi connectivity index (χ0v) is 13.5. The molecule has 1 aromatic heterocycles. The van der Waals surface area contributed by atoms with Gasteiger partial charge in [0.15, 0.2) is 0 Å². The zero-order chi connectivity index (χ0) is 15.7. The molecule has 2 heterocycles. The molecular formula is C16H21N3O2S. The molecule has 0 radical (unpaired) electrons. The van der Waals surface area contributed by atoms with Crippen LogP contribution < -0.4 is 5.14 Å². The molecule has 0 bridgehead atoms. The molecule has 5 nitrogen and oxygen atoms in total. The van der Waals surface area contributed by atoms with Gasteiger partial charge in [0, 0.05) is 35.8 Å². The van der Waals surface area contributed by atoms with E-state index in [9.17, 15) is 8.42 Å². The van der Waals surface area contributed by atoms with Crippen LogP contribution in [0.4, 0.5) is 0 Å². The van der Waals surface area contributed by atoms with E-state index in [4.69, 9.17) is 5.14 Å². The van der Waals surface area contributed by atoms with Gasteiger partial charge >= 0.3 is 0 Å². The third-order valence-electron chi connectivity index (χ3n) is 4.18. The van der Waals surface area contributed by atoms with Crippen molar-refractivity contribution in [1.82, 2.24) is 9.88 Å². The summed E-state index contributed by atoms with van der Waals surface area (Å²) < 4.78 is 22.2. The van der Waals surface area contributed by atoms with E-state index in [1.807, 2.05) is 18.3 Å². The number of aromatic nitrogens is 1. The van der Waals surface area contributed by atoms with Crippen LogP contribution in [-0.4, -0.2) is 44.2 Å². The van der Waals surface area contributed by atoms with Crippen LogP contribution in [0.25, 0.3) is 16.5 Å². The number of hydrogen-bond donors (Lipinski definition) is 2. The Morgan fingerprint density at radius 3 is 2.86 bits per heavy atom. The molecule has 0 saturated heterocycles. The number of nitrogens with two attached hydrogens (primary N) is 1. The molecule has 0 saturated carbocycles. The van der Waals surface area contributed by atoms with Gasteiger partial charge < -0.3 is 9.88 Å². The summed E-state index contributed by atoms with van der Waals surface area (Å²) in [5.74, 6) is -0.0221. The van der Waals surface area contributed by atoms with Gasteiger partial charge in [-0.1, -0.05) is 12.1 Å². The second-order valence-electron chi connectivity index (χ2n) is 5.94. The molecule has 6 heteroatoms. The number of aromatic amines is 1. The highest BCUT2D eigenvalue weighted by molar-refractivity contribution is 7.89. The molecule has 0 unspecified atom stereocenters. The van der Waals surface area contributed by atoms with Crippen molar-refractivity contribution in [3.63, 3.8) is 0 Å². The van der Waals surface area contributed by atoms with Crippen LogP contribution in [0, 0.1) is 0 Å². The maximum atomic E-state index is 11.1. The van der Waals surface area contributed by atoms with Crippen molar-refractivity contribution in [2.75, 3.05) is 25.9 Å². The largest absolute Gasteiger partial charge is 0.361 e. The average molecular weight is 319 g/mol. The summed E-state index contributed by atoms with van der Waals surface area (Å²) >= 11 is 0. The van der Waals surface area contributed by atoms with Crippen molar-refractivity contribution < 1.29 is 8.42 Å². The summed E-state index contributed by atoms with van der Waals surface area (Å²) in [7, 11) is -1.30. The lowest BCUT2D eigenvalue weighted by Gasteiger charge is -2.21. The first-order valence-electron chi connectivity index (χ1n) is 7.41. The molecule has 0 aliphatic carbocycles. The second-order valence-corrected chi connectivity index (χ2v) is 7.67. The normalized spacial score (nSPS) is 16.9. The Morgan fingerprint density at radius 1 is 1.36 bits per heavy atom. The number of rotatable bonds is 4. The fourth-order valence-corrected chi connectivity index (χ4v) is 3.38. The van der Waals surface area contributed by atoms with Gasteiger partial charge in [0.1, 0.15) is 0 Å². The quantitative estimate of drug-likeness (QED) is 0.900. The first-order valence-corrected chi connectivity index (χ1v) is 9.12. The van der Waals surface area contributed by atoms with Crippen molar-refractivity contribution in [3.05, 3.63) is 41.6 Å². The molecule has 0 spiro atoms. The minimum absolute atomic E-state index is 0.0221. The van der Waals surface area contributed by atoms with Gasteiger partial charge in [0.05, 0.1) is 5.75 Å². The molecular weight excluding hydrogens is 298 g/mol. The van der Waals surface area contributed by atoms with Gasteiger partial charge in [0.2, 0.25) is 10.0 Å². The summed E-state index contributed by atoms with van der Waals surface area (Å²) in [6, 6.07) is 6.04. The van der Waals surface area contributed by atoms with Gasteiger partial charge in [-0.15, -0.1) is 0 Å². The Morgan fingerprint density at radius 2 is 2.18 bits per heavy atom. The number of hydrogen-bond acceptors (Lipinski definition) is 3. The Kier molecular flexibility index (Phi) is 4.08. The predicted octanol–water partition coefficient (Wildman–Crippen LogP) is 1.72. The summed E-state index contributed by atoms with van der Waals surface area (Å²) in [5, 5.41) is 6.24. The van der Waals surface area contributed by atoms with Crippen molar-refractivity contribution in [2.45, 2.75) is 12.8 Å². The third-order valence-corrected chi connectivity index (χ3v) is 4.95. The lowest BCUT2D eigenvalue weighted by molar-refractivity contribution is 0.370. The molecule has 1 aromatic carbocycles. The highest BCUT2D eigenvalue weighted by Crippen LogP contribution is 2.29. The van der Waals surface area contributed by atoms with Crippen molar-refractivity contribution in [1.29, 1.82) is 0 Å². The molecule has 22 heavy (non-hydrogen) atoms. The van der Waals surface area contributed by atoms with Gasteiger partial charge in [-0.2, -0.15) is 0 Å². The molecule has 1 aliphatic rings. The zero-order valence-electron chi connectivity index (χ0n) is 12.7. The van der Waals surface area contributed by atoms with Gasteiger partial charge in [0.25, 0.3) is 0 Å². The van der Waals surface area contributed by atoms with E-state index >= 15 is 0 Å². The second kappa shape index (κ2) is 5.87. The smallest absolute Gasteiger partial charge is 0.209 e. The highest BCUT2D eigenvalue weighted by Gasteiger charge is 2.14. The summed E-state index contributed by atoms with van der Waals surface area (Å²) in [4.78, 5) is 5.59. The SMILES string of the molecule is CN1CC=C(c2c[nH]c3ccc(CCS(N)(=O)=O)cc23)CC1. The molecule has 3 N–H and O–H groups in total. The van der Waals surface area contributed by atoms with Gasteiger partial charge in [-0.25, -0.2) is 13.6 Å².